The molecule has 0 atom stereocenters. The van der Waals surface area contributed by atoms with E-state index < -0.39 is 10.0 Å². The Kier molecular flexibility index (Phi) is 7.00. The van der Waals surface area contributed by atoms with Crippen molar-refractivity contribution >= 4 is 27.5 Å². The van der Waals surface area contributed by atoms with Crippen LogP contribution in [0, 0.1) is 0 Å². The summed E-state index contributed by atoms with van der Waals surface area (Å²) >= 11 is 6.08. The smallest absolute Gasteiger partial charge is 0.255 e. The molecular weight excluding hydrogens is 336 g/mol. The van der Waals surface area contributed by atoms with E-state index in [0.717, 1.165) is 0 Å². The second-order valence-electron chi connectivity index (χ2n) is 5.21. The lowest BCUT2D eigenvalue weighted by Crippen LogP contribution is -2.32. The van der Waals surface area contributed by atoms with Gasteiger partial charge in [-0.25, -0.2) is 13.1 Å². The normalized spacial score (nSPS) is 11.3. The Morgan fingerprint density at radius 1 is 1.30 bits per heavy atom. The largest absolute Gasteiger partial charge is 0.331 e. The van der Waals surface area contributed by atoms with E-state index in [-0.39, 0.29) is 27.4 Å². The number of halogens is 1. The summed E-state index contributed by atoms with van der Waals surface area (Å²) in [6.45, 7) is 11.3. The van der Waals surface area contributed by atoms with Gasteiger partial charge in [-0.05, 0) is 32.0 Å². The van der Waals surface area contributed by atoms with Crippen molar-refractivity contribution in [1.82, 2.24) is 9.62 Å². The molecular formula is C16H21ClN2O3S. The number of hydrogen-bond donors (Lipinski definition) is 1. The standard InChI is InChI=1S/C16H21ClN2O3S/c1-5-9-19(10-6-2)16(20)14-11-13(7-8-15(14)17)23(21,22)18-12(3)4/h5-8,11-12,18H,1-2,9-10H2,3-4H3. The van der Waals surface area contributed by atoms with E-state index >= 15 is 0 Å². The minimum atomic E-state index is -3.70. The van der Waals surface area contributed by atoms with Crippen molar-refractivity contribution in [3.05, 3.63) is 54.1 Å². The molecule has 0 saturated heterocycles. The topological polar surface area (TPSA) is 66.5 Å². The van der Waals surface area contributed by atoms with Crippen LogP contribution in [-0.4, -0.2) is 38.4 Å². The third-order valence-electron chi connectivity index (χ3n) is 2.86. The summed E-state index contributed by atoms with van der Waals surface area (Å²) in [5.74, 6) is -0.378. The number of carbonyl (C=O) groups is 1. The highest BCUT2D eigenvalue weighted by molar-refractivity contribution is 7.89. The van der Waals surface area contributed by atoms with Crippen LogP contribution < -0.4 is 4.72 Å². The second kappa shape index (κ2) is 8.29. The lowest BCUT2D eigenvalue weighted by Gasteiger charge is -2.20. The van der Waals surface area contributed by atoms with Gasteiger partial charge in [0.2, 0.25) is 10.0 Å². The Morgan fingerprint density at radius 3 is 2.35 bits per heavy atom. The Labute approximate surface area is 142 Å². The van der Waals surface area contributed by atoms with E-state index in [1.54, 1.807) is 26.0 Å². The maximum atomic E-state index is 12.6. The SMILES string of the molecule is C=CCN(CC=C)C(=O)c1cc(S(=O)(=O)NC(C)C)ccc1Cl. The van der Waals surface area contributed by atoms with Crippen LogP contribution >= 0.6 is 11.6 Å². The zero-order valence-electron chi connectivity index (χ0n) is 13.3. The van der Waals surface area contributed by atoms with Gasteiger partial charge in [0, 0.05) is 19.1 Å². The van der Waals surface area contributed by atoms with Crippen LogP contribution in [0.25, 0.3) is 0 Å². The van der Waals surface area contributed by atoms with Crippen LogP contribution in [-0.2, 0) is 10.0 Å². The first-order valence-corrected chi connectivity index (χ1v) is 8.92. The van der Waals surface area contributed by atoms with Gasteiger partial charge in [0.25, 0.3) is 5.91 Å². The van der Waals surface area contributed by atoms with Crippen molar-refractivity contribution in [1.29, 1.82) is 0 Å². The number of benzene rings is 1. The molecule has 23 heavy (non-hydrogen) atoms. The summed E-state index contributed by atoms with van der Waals surface area (Å²) in [7, 11) is -3.70. The minimum absolute atomic E-state index is 0.00361. The molecule has 0 spiro atoms. The van der Waals surface area contributed by atoms with Gasteiger partial charge in [0.15, 0.2) is 0 Å². The minimum Gasteiger partial charge on any atom is -0.331 e. The molecule has 0 aromatic heterocycles. The van der Waals surface area contributed by atoms with Gasteiger partial charge in [0.05, 0.1) is 15.5 Å². The molecule has 0 aliphatic heterocycles. The maximum absolute atomic E-state index is 12.6. The number of nitrogens with one attached hydrogen (secondary N) is 1. The van der Waals surface area contributed by atoms with E-state index in [0.29, 0.717) is 13.1 Å². The van der Waals surface area contributed by atoms with Crippen molar-refractivity contribution in [2.24, 2.45) is 0 Å². The molecule has 0 fully saturated rings. The van der Waals surface area contributed by atoms with Gasteiger partial charge in [-0.15, -0.1) is 13.2 Å². The van der Waals surface area contributed by atoms with Crippen molar-refractivity contribution in [2.45, 2.75) is 24.8 Å². The maximum Gasteiger partial charge on any atom is 0.255 e. The second-order valence-corrected chi connectivity index (χ2v) is 7.33. The van der Waals surface area contributed by atoms with E-state index in [1.165, 1.54) is 23.1 Å². The van der Waals surface area contributed by atoms with Gasteiger partial charge in [-0.3, -0.25) is 4.79 Å². The number of amides is 1. The zero-order chi connectivity index (χ0) is 17.6. The summed E-state index contributed by atoms with van der Waals surface area (Å²) in [4.78, 5) is 14.0. The summed E-state index contributed by atoms with van der Waals surface area (Å²) in [5.41, 5.74) is 0.127. The zero-order valence-corrected chi connectivity index (χ0v) is 14.8. The molecule has 126 valence electrons. The highest BCUT2D eigenvalue weighted by Crippen LogP contribution is 2.22. The molecule has 0 aliphatic rings. The third kappa shape index (κ3) is 5.20. The van der Waals surface area contributed by atoms with Crippen LogP contribution in [0.1, 0.15) is 24.2 Å². The highest BCUT2D eigenvalue weighted by atomic mass is 35.5. The van der Waals surface area contributed by atoms with Crippen molar-refractivity contribution in [3.63, 3.8) is 0 Å². The van der Waals surface area contributed by atoms with Gasteiger partial charge in [-0.1, -0.05) is 23.8 Å². The first-order chi connectivity index (χ1) is 10.7. The molecule has 1 amide bonds. The molecule has 0 aliphatic carbocycles. The monoisotopic (exact) mass is 356 g/mol. The van der Waals surface area contributed by atoms with Crippen LogP contribution in [0.4, 0.5) is 0 Å². The predicted octanol–water partition coefficient (Wildman–Crippen LogP) is 2.84. The highest BCUT2D eigenvalue weighted by Gasteiger charge is 2.21. The average molecular weight is 357 g/mol. The van der Waals surface area contributed by atoms with E-state index in [9.17, 15) is 13.2 Å². The van der Waals surface area contributed by atoms with E-state index in [4.69, 9.17) is 11.6 Å². The molecule has 5 nitrogen and oxygen atoms in total. The summed E-state index contributed by atoms with van der Waals surface area (Å²) in [5, 5.41) is 0.191. The van der Waals surface area contributed by atoms with Crippen molar-refractivity contribution in [3.8, 4) is 0 Å². The summed E-state index contributed by atoms with van der Waals surface area (Å²) in [6.07, 6.45) is 3.16. The lowest BCUT2D eigenvalue weighted by atomic mass is 10.2. The number of sulfonamides is 1. The number of nitrogens with zero attached hydrogens (tertiary/aromatic N) is 1. The molecule has 1 aromatic rings. The molecule has 1 N–H and O–H groups in total. The summed E-state index contributed by atoms with van der Waals surface area (Å²) < 4.78 is 26.9. The first-order valence-electron chi connectivity index (χ1n) is 7.06. The summed E-state index contributed by atoms with van der Waals surface area (Å²) in [6, 6.07) is 3.81. The van der Waals surface area contributed by atoms with E-state index in [1.807, 2.05) is 0 Å². The lowest BCUT2D eigenvalue weighted by molar-refractivity contribution is 0.0791. The molecule has 1 aromatic carbocycles. The number of carbonyl (C=O) groups excluding carboxylic acids is 1. The molecule has 0 heterocycles. The van der Waals surface area contributed by atoms with Crippen molar-refractivity contribution in [2.75, 3.05) is 13.1 Å². The Bertz CT molecular complexity index is 689. The van der Waals surface area contributed by atoms with Gasteiger partial charge >= 0.3 is 0 Å². The predicted molar refractivity (Wildman–Crippen MR) is 93.2 cm³/mol. The van der Waals surface area contributed by atoms with Gasteiger partial charge in [0.1, 0.15) is 0 Å². The fraction of sp³-hybridized carbons (Fsp3) is 0.312. The van der Waals surface area contributed by atoms with Crippen LogP contribution in [0.15, 0.2) is 48.4 Å². The number of hydrogen-bond acceptors (Lipinski definition) is 3. The van der Waals surface area contributed by atoms with Crippen LogP contribution in [0.5, 0.6) is 0 Å². The first kappa shape index (κ1) is 19.4. The average Bonchev–Trinajstić information content (AvgIpc) is 2.45. The molecule has 1 rings (SSSR count). The van der Waals surface area contributed by atoms with Crippen LogP contribution in [0.3, 0.4) is 0 Å². The molecule has 0 radical (unpaired) electrons. The third-order valence-corrected chi connectivity index (χ3v) is 4.84. The van der Waals surface area contributed by atoms with Crippen LogP contribution in [0.2, 0.25) is 5.02 Å². The van der Waals surface area contributed by atoms with Gasteiger partial charge < -0.3 is 4.90 Å². The quantitative estimate of drug-likeness (QED) is 0.728. The van der Waals surface area contributed by atoms with Crippen molar-refractivity contribution < 1.29 is 13.2 Å². The molecule has 7 heteroatoms. The fourth-order valence-corrected chi connectivity index (χ4v) is 3.41. The fourth-order valence-electron chi connectivity index (χ4n) is 1.94. The Hall–Kier alpha value is -1.63. The Morgan fingerprint density at radius 2 is 1.87 bits per heavy atom. The molecule has 0 saturated carbocycles. The number of rotatable bonds is 8. The Balaban J connectivity index is 3.27. The van der Waals surface area contributed by atoms with Gasteiger partial charge in [-0.2, -0.15) is 0 Å². The molecule has 0 bridgehead atoms. The molecule has 0 unspecified atom stereocenters. The van der Waals surface area contributed by atoms with E-state index in [2.05, 4.69) is 17.9 Å².